The number of nitrogens with zero attached hydrogens (tertiary/aromatic N) is 5. The van der Waals surface area contributed by atoms with Crippen LogP contribution in [0.1, 0.15) is 55.8 Å². The van der Waals surface area contributed by atoms with Crippen LogP contribution in [0.25, 0.3) is 10.8 Å². The van der Waals surface area contributed by atoms with E-state index in [1.54, 1.807) is 18.2 Å². The van der Waals surface area contributed by atoms with E-state index in [1.165, 1.54) is 6.07 Å². The number of aromatic nitrogens is 2. The smallest absolute Gasteiger partial charge is 0.318 e. The summed E-state index contributed by atoms with van der Waals surface area (Å²) in [6.07, 6.45) is 4.30. The van der Waals surface area contributed by atoms with Crippen LogP contribution in [-0.2, 0) is 19.4 Å². The molecule has 8 nitrogen and oxygen atoms in total. The highest BCUT2D eigenvalue weighted by Gasteiger charge is 2.49. The second kappa shape index (κ2) is 10.7. The Bertz CT molecular complexity index is 1590. The Morgan fingerprint density at radius 1 is 1.07 bits per heavy atom. The first-order chi connectivity index (χ1) is 21.3. The summed E-state index contributed by atoms with van der Waals surface area (Å²) >= 11 is 0. The lowest BCUT2D eigenvalue weighted by Crippen LogP contribution is -2.43. The fourth-order valence-corrected chi connectivity index (χ4v) is 9.08. The third kappa shape index (κ3) is 4.67. The standard InChI is InChI=1S/C34H41F2N5O3/c1-2-26-28(36)5-4-20-10-25(43)13-30(31(20)26)39-9-6-27-29(18-39)37-33(44-19-34-7-3-8-41(34)17-23(35)14-34)38-32(27)40-15-21-11-24(42)12-22(21)16-40/h4-5,10,13,21-24,42-43H,2-3,6-9,11-12,14-19H2,1H3/t21-,22+,23-,24+,34+/m1/s1. The number of aromatic hydroxyl groups is 1. The van der Waals surface area contributed by atoms with Crippen LogP contribution in [0.5, 0.6) is 11.8 Å². The van der Waals surface area contributed by atoms with Crippen molar-refractivity contribution in [3.63, 3.8) is 0 Å². The number of aryl methyl sites for hydroxylation is 1. The van der Waals surface area contributed by atoms with Crippen molar-refractivity contribution in [3.05, 3.63) is 46.9 Å². The summed E-state index contributed by atoms with van der Waals surface area (Å²) in [5.41, 5.74) is 3.12. The van der Waals surface area contributed by atoms with Gasteiger partial charge >= 0.3 is 6.01 Å². The van der Waals surface area contributed by atoms with Gasteiger partial charge in [-0.3, -0.25) is 4.90 Å². The molecule has 8 rings (SSSR count). The molecule has 2 aromatic carbocycles. The van der Waals surface area contributed by atoms with Gasteiger partial charge in [0.05, 0.1) is 23.9 Å². The molecule has 234 valence electrons. The Hall–Kier alpha value is -3.24. The zero-order valence-electron chi connectivity index (χ0n) is 25.3. The fraction of sp³-hybridized carbons (Fsp3) is 0.588. The predicted octanol–water partition coefficient (Wildman–Crippen LogP) is 4.76. The SMILES string of the molecule is CCc1c(F)ccc2cc(O)cc(N3CCc4c(nc(OC[C@@]56CCCN5C[C@H](F)C6)nc4N4C[C@H]5C[C@H](O)C[C@H]5C4)C3)c12. The molecule has 4 fully saturated rings. The summed E-state index contributed by atoms with van der Waals surface area (Å²) in [5.74, 6) is 1.72. The molecular formula is C34H41F2N5O3. The molecule has 1 aliphatic carbocycles. The Labute approximate surface area is 256 Å². The number of rotatable bonds is 6. The largest absolute Gasteiger partial charge is 0.508 e. The van der Waals surface area contributed by atoms with Crippen molar-refractivity contribution < 1.29 is 23.7 Å². The third-order valence-electron chi connectivity index (χ3n) is 11.1. The minimum Gasteiger partial charge on any atom is -0.508 e. The number of hydrogen-bond donors (Lipinski definition) is 2. The van der Waals surface area contributed by atoms with Gasteiger partial charge in [-0.1, -0.05) is 13.0 Å². The van der Waals surface area contributed by atoms with E-state index in [9.17, 15) is 19.0 Å². The number of aliphatic hydroxyl groups is 1. The number of aliphatic hydroxyl groups excluding tert-OH is 1. The van der Waals surface area contributed by atoms with Gasteiger partial charge in [0.2, 0.25) is 0 Å². The number of phenols is 1. The van der Waals surface area contributed by atoms with E-state index < -0.39 is 6.17 Å². The van der Waals surface area contributed by atoms with Gasteiger partial charge in [-0.05, 0) is 80.0 Å². The average Bonchev–Trinajstić information content (AvgIpc) is 3.74. The molecule has 0 radical (unpaired) electrons. The van der Waals surface area contributed by atoms with E-state index in [2.05, 4.69) is 14.7 Å². The number of alkyl halides is 1. The summed E-state index contributed by atoms with van der Waals surface area (Å²) in [6.45, 7) is 6.54. The van der Waals surface area contributed by atoms with Crippen LogP contribution < -0.4 is 14.5 Å². The summed E-state index contributed by atoms with van der Waals surface area (Å²) in [7, 11) is 0. The van der Waals surface area contributed by atoms with Gasteiger partial charge in [0.15, 0.2) is 0 Å². The van der Waals surface area contributed by atoms with Crippen LogP contribution in [-0.4, -0.2) is 82.2 Å². The second-order valence-corrected chi connectivity index (χ2v) is 13.8. The number of halogens is 2. The van der Waals surface area contributed by atoms with E-state index in [-0.39, 0.29) is 23.2 Å². The van der Waals surface area contributed by atoms with Crippen molar-refractivity contribution >= 4 is 22.3 Å². The third-order valence-corrected chi connectivity index (χ3v) is 11.1. The first kappa shape index (κ1) is 28.2. The number of hydrogen-bond acceptors (Lipinski definition) is 8. The molecule has 1 saturated carbocycles. The highest BCUT2D eigenvalue weighted by molar-refractivity contribution is 5.98. The van der Waals surface area contributed by atoms with E-state index in [0.717, 1.165) is 78.9 Å². The van der Waals surface area contributed by atoms with Crippen LogP contribution in [0.3, 0.4) is 0 Å². The molecule has 3 aromatic rings. The lowest BCUT2D eigenvalue weighted by Gasteiger charge is -2.34. The van der Waals surface area contributed by atoms with E-state index in [4.69, 9.17) is 14.7 Å². The van der Waals surface area contributed by atoms with Crippen LogP contribution in [0.2, 0.25) is 0 Å². The molecule has 5 atom stereocenters. The molecule has 4 aliphatic heterocycles. The molecule has 5 heterocycles. The average molecular weight is 606 g/mol. The topological polar surface area (TPSA) is 85.2 Å². The maximum atomic E-state index is 15.0. The Morgan fingerprint density at radius 3 is 2.68 bits per heavy atom. The van der Waals surface area contributed by atoms with Crippen molar-refractivity contribution in [1.82, 2.24) is 14.9 Å². The van der Waals surface area contributed by atoms with Crippen molar-refractivity contribution in [2.75, 3.05) is 49.1 Å². The lowest BCUT2D eigenvalue weighted by molar-refractivity contribution is 0.107. The van der Waals surface area contributed by atoms with Crippen molar-refractivity contribution in [2.24, 2.45) is 11.8 Å². The van der Waals surface area contributed by atoms with Gasteiger partial charge < -0.3 is 24.7 Å². The molecule has 3 saturated heterocycles. The molecule has 0 spiro atoms. The molecule has 44 heavy (non-hydrogen) atoms. The normalized spacial score (nSPS) is 29.8. The van der Waals surface area contributed by atoms with E-state index >= 15 is 0 Å². The minimum atomic E-state index is -0.832. The van der Waals surface area contributed by atoms with Gasteiger partial charge in [0.1, 0.15) is 30.2 Å². The number of ether oxygens (including phenoxy) is 1. The van der Waals surface area contributed by atoms with Crippen LogP contribution in [0.15, 0.2) is 24.3 Å². The highest BCUT2D eigenvalue weighted by Crippen LogP contribution is 2.44. The first-order valence-corrected chi connectivity index (χ1v) is 16.3. The molecule has 0 amide bonds. The maximum absolute atomic E-state index is 15.0. The number of fused-ring (bicyclic) bond motifs is 4. The maximum Gasteiger partial charge on any atom is 0.318 e. The number of phenolic OH excluding ortho intramolecular Hbond substituents is 1. The molecule has 0 bridgehead atoms. The van der Waals surface area contributed by atoms with E-state index in [1.807, 2.05) is 6.92 Å². The molecule has 1 aromatic heterocycles. The summed E-state index contributed by atoms with van der Waals surface area (Å²) < 4.78 is 35.8. The van der Waals surface area contributed by atoms with E-state index in [0.29, 0.717) is 68.9 Å². The molecular weight excluding hydrogens is 564 g/mol. The van der Waals surface area contributed by atoms with Crippen molar-refractivity contribution in [2.45, 2.75) is 76.2 Å². The number of benzene rings is 2. The Kier molecular flexibility index (Phi) is 6.86. The minimum absolute atomic E-state index is 0.147. The number of anilines is 2. The molecule has 2 N–H and O–H groups in total. The second-order valence-electron chi connectivity index (χ2n) is 13.8. The van der Waals surface area contributed by atoms with Gasteiger partial charge in [0, 0.05) is 55.3 Å². The quantitative estimate of drug-likeness (QED) is 0.416. The highest BCUT2D eigenvalue weighted by atomic mass is 19.1. The van der Waals surface area contributed by atoms with Crippen molar-refractivity contribution in [1.29, 1.82) is 0 Å². The molecule has 10 heteroatoms. The summed E-state index contributed by atoms with van der Waals surface area (Å²) in [4.78, 5) is 16.8. The van der Waals surface area contributed by atoms with Gasteiger partial charge in [-0.25, -0.2) is 8.78 Å². The monoisotopic (exact) mass is 605 g/mol. The zero-order valence-corrected chi connectivity index (χ0v) is 25.3. The summed E-state index contributed by atoms with van der Waals surface area (Å²) in [6, 6.07) is 6.96. The van der Waals surface area contributed by atoms with Crippen molar-refractivity contribution in [3.8, 4) is 11.8 Å². The van der Waals surface area contributed by atoms with Gasteiger partial charge in [-0.15, -0.1) is 0 Å². The predicted molar refractivity (Wildman–Crippen MR) is 165 cm³/mol. The lowest BCUT2D eigenvalue weighted by atomic mass is 9.95. The van der Waals surface area contributed by atoms with Gasteiger partial charge in [-0.2, -0.15) is 9.97 Å². The molecule has 0 unspecified atom stereocenters. The Balaban J connectivity index is 1.15. The van der Waals surface area contributed by atoms with Crippen LogP contribution in [0, 0.1) is 17.7 Å². The Morgan fingerprint density at radius 2 is 1.89 bits per heavy atom. The zero-order chi connectivity index (χ0) is 30.2. The van der Waals surface area contributed by atoms with Crippen LogP contribution >= 0.6 is 0 Å². The first-order valence-electron chi connectivity index (χ1n) is 16.3. The summed E-state index contributed by atoms with van der Waals surface area (Å²) in [5, 5.41) is 22.5. The molecule has 5 aliphatic rings. The van der Waals surface area contributed by atoms with Gasteiger partial charge in [0.25, 0.3) is 0 Å². The fourth-order valence-electron chi connectivity index (χ4n) is 9.08. The van der Waals surface area contributed by atoms with Crippen LogP contribution in [0.4, 0.5) is 20.3 Å².